The van der Waals surface area contributed by atoms with Gasteiger partial charge in [0.25, 0.3) is 5.91 Å². The first-order valence-corrected chi connectivity index (χ1v) is 10.5. The summed E-state index contributed by atoms with van der Waals surface area (Å²) >= 11 is 0. The van der Waals surface area contributed by atoms with Crippen LogP contribution >= 0.6 is 0 Å². The van der Waals surface area contributed by atoms with Crippen LogP contribution in [0.2, 0.25) is 0 Å². The third-order valence-corrected chi connectivity index (χ3v) is 5.06. The van der Waals surface area contributed by atoms with E-state index in [1.165, 1.54) is 0 Å². The number of nitrogens with one attached hydrogen (secondary N) is 1. The van der Waals surface area contributed by atoms with Gasteiger partial charge < -0.3 is 19.5 Å². The van der Waals surface area contributed by atoms with Crippen LogP contribution in [0.15, 0.2) is 79.0 Å². The van der Waals surface area contributed by atoms with Crippen molar-refractivity contribution in [1.29, 1.82) is 0 Å². The lowest BCUT2D eigenvalue weighted by molar-refractivity contribution is 0.102. The van der Waals surface area contributed by atoms with E-state index in [2.05, 4.69) is 16.3 Å². The molecule has 0 bridgehead atoms. The summed E-state index contributed by atoms with van der Waals surface area (Å²) in [6.07, 6.45) is 7.08. The van der Waals surface area contributed by atoms with E-state index in [0.29, 0.717) is 28.5 Å². The first-order valence-electron chi connectivity index (χ1n) is 10.5. The molecule has 1 heterocycles. The van der Waals surface area contributed by atoms with Gasteiger partial charge >= 0.3 is 0 Å². The highest BCUT2D eigenvalue weighted by atomic mass is 16.5. The number of carbonyl (C=O) groups is 1. The topological polar surface area (TPSA) is 74.6 Å². The number of methoxy groups -OCH3 is 2. The van der Waals surface area contributed by atoms with E-state index in [-0.39, 0.29) is 18.2 Å². The fraction of sp³-hybridized carbons (Fsp3) is 0.111. The minimum atomic E-state index is -0.367. The Morgan fingerprint density at radius 3 is 2.53 bits per heavy atom. The number of rotatable bonds is 8. The number of amides is 1. The summed E-state index contributed by atoms with van der Waals surface area (Å²) in [6.45, 7) is 0.141. The lowest BCUT2D eigenvalue weighted by atomic mass is 10.1. The number of terminal acetylenes is 1. The average molecular weight is 453 g/mol. The Morgan fingerprint density at radius 2 is 1.79 bits per heavy atom. The fourth-order valence-corrected chi connectivity index (χ4v) is 3.45. The molecule has 0 aliphatic heterocycles. The van der Waals surface area contributed by atoms with Crippen LogP contribution in [0.4, 0.5) is 5.69 Å². The smallest absolute Gasteiger partial charge is 0.276 e. The van der Waals surface area contributed by atoms with Crippen molar-refractivity contribution in [3.8, 4) is 46.4 Å². The van der Waals surface area contributed by atoms with Gasteiger partial charge in [-0.1, -0.05) is 36.3 Å². The van der Waals surface area contributed by atoms with Crippen molar-refractivity contribution in [2.75, 3.05) is 26.1 Å². The number of ether oxygens (including phenoxy) is 3. The van der Waals surface area contributed by atoms with Gasteiger partial charge in [0.15, 0.2) is 17.2 Å². The van der Waals surface area contributed by atoms with Crippen LogP contribution in [0, 0.1) is 12.3 Å². The van der Waals surface area contributed by atoms with Crippen LogP contribution in [0.3, 0.4) is 0 Å². The second-order valence-corrected chi connectivity index (χ2v) is 7.22. The van der Waals surface area contributed by atoms with Crippen molar-refractivity contribution in [2.45, 2.75) is 0 Å². The third kappa shape index (κ3) is 4.87. The second-order valence-electron chi connectivity index (χ2n) is 7.22. The molecule has 3 aromatic carbocycles. The summed E-state index contributed by atoms with van der Waals surface area (Å²) in [5.41, 5.74) is 3.05. The van der Waals surface area contributed by atoms with E-state index < -0.39 is 0 Å². The Labute approximate surface area is 197 Å². The Kier molecular flexibility index (Phi) is 6.80. The molecule has 0 aliphatic carbocycles. The van der Waals surface area contributed by atoms with Gasteiger partial charge in [0.2, 0.25) is 0 Å². The zero-order chi connectivity index (χ0) is 23.9. The molecular weight excluding hydrogens is 430 g/mol. The maximum absolute atomic E-state index is 13.3. The third-order valence-electron chi connectivity index (χ3n) is 5.06. The van der Waals surface area contributed by atoms with Gasteiger partial charge in [-0.15, -0.1) is 6.42 Å². The predicted octanol–water partition coefficient (Wildman–Crippen LogP) is 4.82. The summed E-state index contributed by atoms with van der Waals surface area (Å²) < 4.78 is 17.9. The van der Waals surface area contributed by atoms with Crippen molar-refractivity contribution in [3.63, 3.8) is 0 Å². The van der Waals surface area contributed by atoms with Crippen LogP contribution in [0.25, 0.3) is 16.8 Å². The van der Waals surface area contributed by atoms with Gasteiger partial charge in [-0.05, 0) is 42.0 Å². The van der Waals surface area contributed by atoms with Crippen LogP contribution in [-0.2, 0) is 0 Å². The Bertz CT molecular complexity index is 1340. The van der Waals surface area contributed by atoms with Crippen LogP contribution in [-0.4, -0.2) is 36.5 Å². The molecule has 34 heavy (non-hydrogen) atoms. The molecule has 7 heteroatoms. The highest BCUT2D eigenvalue weighted by Gasteiger charge is 2.20. The van der Waals surface area contributed by atoms with Gasteiger partial charge in [-0.25, -0.2) is 4.68 Å². The number of hydrogen-bond acceptors (Lipinski definition) is 5. The number of hydrogen-bond donors (Lipinski definition) is 1. The molecule has 1 aromatic heterocycles. The predicted molar refractivity (Wildman–Crippen MR) is 131 cm³/mol. The molecule has 0 saturated heterocycles. The summed E-state index contributed by atoms with van der Waals surface area (Å²) in [6, 6.07) is 22.1. The zero-order valence-electron chi connectivity index (χ0n) is 18.8. The SMILES string of the molecule is C#CCOc1cccc(NC(=O)c2nn(-c3ccccc3)cc2-c2ccc(OC)c(OC)c2)c1. The van der Waals surface area contributed by atoms with Gasteiger partial charge in [-0.2, -0.15) is 5.10 Å². The first kappa shape index (κ1) is 22.5. The molecule has 0 saturated carbocycles. The van der Waals surface area contributed by atoms with E-state index >= 15 is 0 Å². The molecule has 0 radical (unpaired) electrons. The van der Waals surface area contributed by atoms with Crippen molar-refractivity contribution in [2.24, 2.45) is 0 Å². The van der Waals surface area contributed by atoms with E-state index in [1.807, 2.05) is 48.7 Å². The number of carbonyl (C=O) groups excluding carboxylic acids is 1. The molecule has 0 atom stereocenters. The second kappa shape index (κ2) is 10.3. The largest absolute Gasteiger partial charge is 0.493 e. The average Bonchev–Trinajstić information content (AvgIpc) is 3.33. The van der Waals surface area contributed by atoms with Crippen molar-refractivity contribution in [1.82, 2.24) is 9.78 Å². The van der Waals surface area contributed by atoms with Gasteiger partial charge in [-0.3, -0.25) is 4.79 Å². The fourth-order valence-electron chi connectivity index (χ4n) is 3.45. The number of nitrogens with zero attached hydrogens (tertiary/aromatic N) is 2. The summed E-state index contributed by atoms with van der Waals surface area (Å²) in [5.74, 6) is 3.76. The highest BCUT2D eigenvalue weighted by molar-refractivity contribution is 6.07. The maximum Gasteiger partial charge on any atom is 0.276 e. The lowest BCUT2D eigenvalue weighted by Crippen LogP contribution is -2.14. The lowest BCUT2D eigenvalue weighted by Gasteiger charge is -2.10. The number of anilines is 1. The summed E-state index contributed by atoms with van der Waals surface area (Å²) in [5, 5.41) is 7.50. The molecule has 4 aromatic rings. The van der Waals surface area contributed by atoms with E-state index in [1.54, 1.807) is 49.2 Å². The minimum absolute atomic E-state index is 0.141. The van der Waals surface area contributed by atoms with Crippen molar-refractivity contribution >= 4 is 11.6 Å². The first-order chi connectivity index (χ1) is 16.6. The Morgan fingerprint density at radius 1 is 1.00 bits per heavy atom. The molecule has 0 unspecified atom stereocenters. The number of benzene rings is 3. The standard InChI is InChI=1S/C27H23N3O4/c1-4-15-34-22-12-8-9-20(17-22)28-27(31)26-23(18-30(29-26)21-10-6-5-7-11-21)19-13-14-24(32-2)25(16-19)33-3/h1,5-14,16-18H,15H2,2-3H3,(H,28,31). The molecule has 1 amide bonds. The Balaban J connectivity index is 1.73. The molecule has 7 nitrogen and oxygen atoms in total. The molecule has 1 N–H and O–H groups in total. The van der Waals surface area contributed by atoms with Gasteiger partial charge in [0.1, 0.15) is 12.4 Å². The number of aromatic nitrogens is 2. The summed E-state index contributed by atoms with van der Waals surface area (Å²) in [4.78, 5) is 13.3. The van der Waals surface area contributed by atoms with Crippen molar-refractivity contribution in [3.05, 3.63) is 84.7 Å². The molecule has 0 aliphatic rings. The van der Waals surface area contributed by atoms with E-state index in [4.69, 9.17) is 20.6 Å². The van der Waals surface area contributed by atoms with E-state index in [9.17, 15) is 4.79 Å². The zero-order valence-corrected chi connectivity index (χ0v) is 18.8. The van der Waals surface area contributed by atoms with Crippen LogP contribution in [0.1, 0.15) is 10.5 Å². The molecule has 0 spiro atoms. The van der Waals surface area contributed by atoms with Gasteiger partial charge in [0.05, 0.1) is 19.9 Å². The molecule has 4 rings (SSSR count). The molecule has 170 valence electrons. The quantitative estimate of drug-likeness (QED) is 0.387. The number of para-hydroxylation sites is 1. The highest BCUT2D eigenvalue weighted by Crippen LogP contribution is 2.34. The van der Waals surface area contributed by atoms with E-state index in [0.717, 1.165) is 11.3 Å². The monoisotopic (exact) mass is 453 g/mol. The van der Waals surface area contributed by atoms with Crippen LogP contribution < -0.4 is 19.5 Å². The van der Waals surface area contributed by atoms with Crippen molar-refractivity contribution < 1.29 is 19.0 Å². The Hall–Kier alpha value is -4.70. The van der Waals surface area contributed by atoms with Gasteiger partial charge in [0, 0.05) is 23.5 Å². The maximum atomic E-state index is 13.3. The summed E-state index contributed by atoms with van der Waals surface area (Å²) in [7, 11) is 3.14. The van der Waals surface area contributed by atoms with Crippen LogP contribution in [0.5, 0.6) is 17.2 Å². The minimum Gasteiger partial charge on any atom is -0.493 e. The normalized spacial score (nSPS) is 10.3. The molecular formula is C27H23N3O4. The molecule has 0 fully saturated rings.